The van der Waals surface area contributed by atoms with Crippen molar-refractivity contribution in [3.05, 3.63) is 35.9 Å². The second-order valence-corrected chi connectivity index (χ2v) is 10.7. The van der Waals surface area contributed by atoms with E-state index in [4.69, 9.17) is 9.47 Å². The van der Waals surface area contributed by atoms with E-state index in [0.717, 1.165) is 44.1 Å². The molecule has 3 aliphatic rings. The number of fused-ring (bicyclic) bond motifs is 2. The summed E-state index contributed by atoms with van der Waals surface area (Å²) >= 11 is 0. The van der Waals surface area contributed by atoms with Crippen LogP contribution >= 0.6 is 0 Å². The first kappa shape index (κ1) is 21.7. The Morgan fingerprint density at radius 2 is 1.63 bits per heavy atom. The maximum absolute atomic E-state index is 12.8. The Hall–Kier alpha value is -1.48. The monoisotopic (exact) mass is 436 g/mol. The van der Waals surface area contributed by atoms with Gasteiger partial charge in [0.05, 0.1) is 25.1 Å². The normalized spacial score (nSPS) is 28.0. The molecule has 8 heteroatoms. The number of hydrogen-bond acceptors (Lipinski definition) is 5. The second kappa shape index (κ2) is 9.34. The molecule has 1 aromatic rings. The van der Waals surface area contributed by atoms with Crippen molar-refractivity contribution in [2.75, 3.05) is 26.0 Å². The van der Waals surface area contributed by atoms with Crippen LogP contribution in [0.2, 0.25) is 0 Å². The summed E-state index contributed by atoms with van der Waals surface area (Å²) < 4.78 is 36.9. The molecule has 0 aliphatic carbocycles. The lowest BCUT2D eigenvalue weighted by Gasteiger charge is -2.41. The van der Waals surface area contributed by atoms with E-state index in [9.17, 15) is 13.2 Å². The molecule has 0 radical (unpaired) electrons. The Labute approximate surface area is 179 Å². The zero-order chi connectivity index (χ0) is 21.1. The van der Waals surface area contributed by atoms with Crippen molar-refractivity contribution in [3.63, 3.8) is 0 Å². The highest BCUT2D eigenvalue weighted by Gasteiger charge is 2.44. The molecule has 3 saturated heterocycles. The molecule has 2 atom stereocenters. The van der Waals surface area contributed by atoms with Crippen molar-refractivity contribution in [1.29, 1.82) is 0 Å². The number of amides is 1. The van der Waals surface area contributed by atoms with Crippen LogP contribution < -0.4 is 0 Å². The third-order valence-electron chi connectivity index (χ3n) is 6.57. The van der Waals surface area contributed by atoms with Crippen molar-refractivity contribution in [2.24, 2.45) is 0 Å². The van der Waals surface area contributed by atoms with E-state index in [2.05, 4.69) is 0 Å². The molecule has 1 aromatic carbocycles. The number of carbonyl (C=O) groups excluding carboxylic acids is 1. The summed E-state index contributed by atoms with van der Waals surface area (Å²) in [6.45, 7) is 1.64. The summed E-state index contributed by atoms with van der Waals surface area (Å²) in [6, 6.07) is 10.4. The number of carbonyl (C=O) groups is 1. The van der Waals surface area contributed by atoms with Crippen LogP contribution in [-0.2, 0) is 30.9 Å². The predicted octanol–water partition coefficient (Wildman–Crippen LogP) is 2.17. The van der Waals surface area contributed by atoms with Gasteiger partial charge < -0.3 is 14.4 Å². The smallest absolute Gasteiger partial charge is 0.249 e. The molecule has 1 amide bonds. The Morgan fingerprint density at radius 3 is 2.23 bits per heavy atom. The molecular formula is C22H32N2O5S. The molecule has 0 spiro atoms. The highest BCUT2D eigenvalue weighted by atomic mass is 32.2. The molecule has 3 aliphatic heterocycles. The molecule has 0 saturated carbocycles. The molecule has 4 rings (SSSR count). The fourth-order valence-electron chi connectivity index (χ4n) is 5.12. The fraction of sp³-hybridized carbons (Fsp3) is 0.682. The minimum absolute atomic E-state index is 0.0818. The van der Waals surface area contributed by atoms with Gasteiger partial charge in [0, 0.05) is 25.2 Å². The van der Waals surface area contributed by atoms with Crippen LogP contribution in [0.4, 0.5) is 0 Å². The molecule has 30 heavy (non-hydrogen) atoms. The number of piperidine rings is 2. The Balaban J connectivity index is 1.23. The Morgan fingerprint density at radius 1 is 1.00 bits per heavy atom. The van der Waals surface area contributed by atoms with E-state index in [-0.39, 0.29) is 36.8 Å². The summed E-state index contributed by atoms with van der Waals surface area (Å²) in [5.74, 6) is 0.0818. The van der Waals surface area contributed by atoms with Crippen molar-refractivity contribution >= 4 is 15.9 Å². The fourth-order valence-corrected chi connectivity index (χ4v) is 6.00. The van der Waals surface area contributed by atoms with Crippen molar-refractivity contribution in [3.8, 4) is 0 Å². The second-order valence-electron chi connectivity index (χ2n) is 8.76. The lowest BCUT2D eigenvalue weighted by molar-refractivity contribution is -0.145. The first-order valence-electron chi connectivity index (χ1n) is 10.9. The highest BCUT2D eigenvalue weighted by Crippen LogP contribution is 2.38. The molecule has 2 bridgehead atoms. The van der Waals surface area contributed by atoms with E-state index in [1.165, 1.54) is 10.6 Å². The first-order chi connectivity index (χ1) is 14.4. The number of benzene rings is 1. The molecule has 2 unspecified atom stereocenters. The SMILES string of the molecule is CS(=O)(=O)N1CCC(OC2CC3CCC(C2)N3C(=O)COCc2ccccc2)CC1. The van der Waals surface area contributed by atoms with Gasteiger partial charge in [-0.2, -0.15) is 0 Å². The Bertz CT molecular complexity index is 809. The topological polar surface area (TPSA) is 76.2 Å². The van der Waals surface area contributed by atoms with E-state index < -0.39 is 10.0 Å². The van der Waals surface area contributed by atoms with Crippen LogP contribution in [0.25, 0.3) is 0 Å². The number of rotatable bonds is 7. The Kier molecular flexibility index (Phi) is 6.77. The van der Waals surface area contributed by atoms with Gasteiger partial charge in [0.15, 0.2) is 0 Å². The maximum atomic E-state index is 12.8. The van der Waals surface area contributed by atoms with Gasteiger partial charge >= 0.3 is 0 Å². The van der Waals surface area contributed by atoms with Crippen LogP contribution in [0.1, 0.15) is 44.1 Å². The molecular weight excluding hydrogens is 404 g/mol. The van der Waals surface area contributed by atoms with Crippen LogP contribution in [0, 0.1) is 0 Å². The molecule has 3 heterocycles. The summed E-state index contributed by atoms with van der Waals surface area (Å²) in [5, 5.41) is 0. The van der Waals surface area contributed by atoms with E-state index in [1.807, 2.05) is 35.2 Å². The summed E-state index contributed by atoms with van der Waals surface area (Å²) in [5.41, 5.74) is 1.07. The lowest BCUT2D eigenvalue weighted by Crippen LogP contribution is -2.51. The summed E-state index contributed by atoms with van der Waals surface area (Å²) in [7, 11) is -3.11. The van der Waals surface area contributed by atoms with Crippen LogP contribution in [-0.4, -0.2) is 73.8 Å². The lowest BCUT2D eigenvalue weighted by atomic mass is 9.98. The quantitative estimate of drug-likeness (QED) is 0.655. The number of nitrogens with zero attached hydrogens (tertiary/aromatic N) is 2. The first-order valence-corrected chi connectivity index (χ1v) is 12.8. The van der Waals surface area contributed by atoms with Gasteiger partial charge in [-0.25, -0.2) is 12.7 Å². The van der Waals surface area contributed by atoms with Gasteiger partial charge in [-0.15, -0.1) is 0 Å². The average molecular weight is 437 g/mol. The molecule has 166 valence electrons. The van der Waals surface area contributed by atoms with Crippen LogP contribution in [0.15, 0.2) is 30.3 Å². The van der Waals surface area contributed by atoms with Gasteiger partial charge in [-0.1, -0.05) is 30.3 Å². The highest BCUT2D eigenvalue weighted by molar-refractivity contribution is 7.88. The van der Waals surface area contributed by atoms with Gasteiger partial charge in [0.25, 0.3) is 0 Å². The zero-order valence-corrected chi connectivity index (χ0v) is 18.4. The molecule has 0 aromatic heterocycles. The maximum Gasteiger partial charge on any atom is 0.249 e. The average Bonchev–Trinajstić information content (AvgIpc) is 2.99. The summed E-state index contributed by atoms with van der Waals surface area (Å²) in [6.07, 6.45) is 6.82. The van der Waals surface area contributed by atoms with Crippen molar-refractivity contribution < 1.29 is 22.7 Å². The summed E-state index contributed by atoms with van der Waals surface area (Å²) in [4.78, 5) is 14.8. The van der Waals surface area contributed by atoms with Crippen molar-refractivity contribution in [1.82, 2.24) is 9.21 Å². The third-order valence-corrected chi connectivity index (χ3v) is 7.87. The molecule has 0 N–H and O–H groups in total. The van der Waals surface area contributed by atoms with Gasteiger partial charge in [-0.05, 0) is 44.1 Å². The zero-order valence-electron chi connectivity index (χ0n) is 17.6. The van der Waals surface area contributed by atoms with E-state index in [0.29, 0.717) is 19.7 Å². The van der Waals surface area contributed by atoms with E-state index >= 15 is 0 Å². The number of sulfonamides is 1. The standard InChI is InChI=1S/C22H32N2O5S/c1-30(26,27)23-11-9-20(10-12-23)29-21-13-18-7-8-19(14-21)24(18)22(25)16-28-15-17-5-3-2-4-6-17/h2-6,18-21H,7-16H2,1H3. The van der Waals surface area contributed by atoms with Crippen LogP contribution in [0.5, 0.6) is 0 Å². The number of ether oxygens (including phenoxy) is 2. The molecule has 3 fully saturated rings. The van der Waals surface area contributed by atoms with Gasteiger partial charge in [0.2, 0.25) is 15.9 Å². The van der Waals surface area contributed by atoms with Crippen LogP contribution in [0.3, 0.4) is 0 Å². The largest absolute Gasteiger partial charge is 0.375 e. The van der Waals surface area contributed by atoms with E-state index in [1.54, 1.807) is 0 Å². The third kappa shape index (κ3) is 5.22. The van der Waals surface area contributed by atoms with Crippen molar-refractivity contribution in [2.45, 2.75) is 69.4 Å². The minimum Gasteiger partial charge on any atom is -0.375 e. The molecule has 7 nitrogen and oxygen atoms in total. The minimum atomic E-state index is -3.11. The van der Waals surface area contributed by atoms with Gasteiger partial charge in [-0.3, -0.25) is 4.79 Å². The van der Waals surface area contributed by atoms with Gasteiger partial charge in [0.1, 0.15) is 6.61 Å². The number of hydrogen-bond donors (Lipinski definition) is 0. The predicted molar refractivity (Wildman–Crippen MR) is 113 cm³/mol.